The SMILES string of the molecule is N#Cc1cccc(-c2nc(-c3ccc(CN4CC(C(=O)O)C4)c4ccccc34)no2)c1. The number of aliphatic carboxylic acids is 1. The van der Waals surface area contributed by atoms with E-state index in [4.69, 9.17) is 14.9 Å². The lowest BCUT2D eigenvalue weighted by molar-refractivity contribution is -0.147. The van der Waals surface area contributed by atoms with Crippen molar-refractivity contribution >= 4 is 16.7 Å². The zero-order chi connectivity index (χ0) is 21.4. The molecule has 0 saturated carbocycles. The minimum Gasteiger partial charge on any atom is -0.481 e. The van der Waals surface area contributed by atoms with E-state index in [9.17, 15) is 4.79 Å². The maximum Gasteiger partial charge on any atom is 0.309 e. The van der Waals surface area contributed by atoms with Crippen LogP contribution in [0.1, 0.15) is 11.1 Å². The Hall–Kier alpha value is -4.02. The lowest BCUT2D eigenvalue weighted by Gasteiger charge is -2.36. The van der Waals surface area contributed by atoms with Crippen molar-refractivity contribution in [3.63, 3.8) is 0 Å². The number of fused-ring (bicyclic) bond motifs is 1. The zero-order valence-corrected chi connectivity index (χ0v) is 16.5. The first-order chi connectivity index (χ1) is 15.1. The number of carboxylic acid groups (broad SMARTS) is 1. The van der Waals surface area contributed by atoms with Crippen LogP contribution in [0.4, 0.5) is 0 Å². The van der Waals surface area contributed by atoms with Crippen molar-refractivity contribution in [3.8, 4) is 28.9 Å². The fourth-order valence-corrected chi connectivity index (χ4v) is 3.96. The minimum absolute atomic E-state index is 0.275. The smallest absolute Gasteiger partial charge is 0.309 e. The third kappa shape index (κ3) is 3.54. The van der Waals surface area contributed by atoms with Crippen molar-refractivity contribution in [2.24, 2.45) is 5.92 Å². The molecule has 3 aromatic carbocycles. The number of carbonyl (C=O) groups is 1. The Kier molecular flexibility index (Phi) is 4.69. The van der Waals surface area contributed by atoms with Crippen molar-refractivity contribution in [1.29, 1.82) is 5.26 Å². The topological polar surface area (TPSA) is 103 Å². The zero-order valence-electron chi connectivity index (χ0n) is 16.5. The summed E-state index contributed by atoms with van der Waals surface area (Å²) in [5.41, 5.74) is 3.22. The summed E-state index contributed by atoms with van der Waals surface area (Å²) in [5.74, 6) is -0.164. The Bertz CT molecular complexity index is 1330. The van der Waals surface area contributed by atoms with Gasteiger partial charge < -0.3 is 9.63 Å². The molecule has 0 unspecified atom stereocenters. The summed E-state index contributed by atoms with van der Waals surface area (Å²) in [7, 11) is 0. The predicted molar refractivity (Wildman–Crippen MR) is 114 cm³/mol. The molecule has 0 atom stereocenters. The predicted octanol–water partition coefficient (Wildman–Crippen LogP) is 3.94. The van der Waals surface area contributed by atoms with Crippen LogP contribution in [0, 0.1) is 17.2 Å². The molecule has 4 aromatic rings. The molecule has 1 aliphatic rings. The van der Waals surface area contributed by atoms with Crippen LogP contribution in [-0.2, 0) is 11.3 Å². The van der Waals surface area contributed by atoms with Gasteiger partial charge in [0.1, 0.15) is 0 Å². The Morgan fingerprint density at radius 1 is 1.13 bits per heavy atom. The number of hydrogen-bond acceptors (Lipinski definition) is 6. The molecule has 1 fully saturated rings. The van der Waals surface area contributed by atoms with Gasteiger partial charge in [0.2, 0.25) is 5.82 Å². The highest BCUT2D eigenvalue weighted by molar-refractivity contribution is 5.97. The second kappa shape index (κ2) is 7.67. The lowest BCUT2D eigenvalue weighted by Crippen LogP contribution is -2.49. The monoisotopic (exact) mass is 410 g/mol. The summed E-state index contributed by atoms with van der Waals surface area (Å²) in [6, 6.07) is 21.2. The van der Waals surface area contributed by atoms with Crippen LogP contribution in [0.15, 0.2) is 65.2 Å². The second-order valence-corrected chi connectivity index (χ2v) is 7.66. The van der Waals surface area contributed by atoms with E-state index in [1.54, 1.807) is 18.2 Å². The molecule has 0 amide bonds. The Morgan fingerprint density at radius 3 is 2.71 bits per heavy atom. The van der Waals surface area contributed by atoms with E-state index in [1.807, 2.05) is 36.4 Å². The van der Waals surface area contributed by atoms with Crippen LogP contribution in [0.25, 0.3) is 33.6 Å². The molecule has 0 bridgehead atoms. The van der Waals surface area contributed by atoms with Crippen LogP contribution in [0.3, 0.4) is 0 Å². The maximum atomic E-state index is 11.1. The van der Waals surface area contributed by atoms with Gasteiger partial charge in [0.15, 0.2) is 0 Å². The molecule has 1 N–H and O–H groups in total. The summed E-state index contributed by atoms with van der Waals surface area (Å²) in [5, 5.41) is 24.5. The average Bonchev–Trinajstić information content (AvgIpc) is 3.25. The Balaban J connectivity index is 1.47. The van der Waals surface area contributed by atoms with Gasteiger partial charge in [-0.2, -0.15) is 10.2 Å². The third-order valence-corrected chi connectivity index (χ3v) is 5.62. The van der Waals surface area contributed by atoms with Crippen LogP contribution in [0.2, 0.25) is 0 Å². The molecule has 1 aromatic heterocycles. The quantitative estimate of drug-likeness (QED) is 0.531. The fraction of sp³-hybridized carbons (Fsp3) is 0.167. The van der Waals surface area contributed by atoms with E-state index in [1.165, 1.54) is 0 Å². The normalized spacial score (nSPS) is 14.3. The molecule has 5 rings (SSSR count). The summed E-state index contributed by atoms with van der Waals surface area (Å²) >= 11 is 0. The minimum atomic E-state index is -0.732. The van der Waals surface area contributed by atoms with E-state index in [-0.39, 0.29) is 5.92 Å². The number of carboxylic acids is 1. The first-order valence-corrected chi connectivity index (χ1v) is 9.93. The van der Waals surface area contributed by atoms with Gasteiger partial charge in [0, 0.05) is 30.8 Å². The van der Waals surface area contributed by atoms with Crippen LogP contribution < -0.4 is 0 Å². The summed E-state index contributed by atoms with van der Waals surface area (Å²) in [6.45, 7) is 1.84. The highest BCUT2D eigenvalue weighted by atomic mass is 16.5. The molecule has 152 valence electrons. The third-order valence-electron chi connectivity index (χ3n) is 5.62. The van der Waals surface area contributed by atoms with Crippen LogP contribution >= 0.6 is 0 Å². The van der Waals surface area contributed by atoms with Gasteiger partial charge in [-0.15, -0.1) is 0 Å². The highest BCUT2D eigenvalue weighted by Gasteiger charge is 2.32. The van der Waals surface area contributed by atoms with E-state index in [0.29, 0.717) is 42.5 Å². The van der Waals surface area contributed by atoms with E-state index in [0.717, 1.165) is 21.9 Å². The average molecular weight is 410 g/mol. The first kappa shape index (κ1) is 19.0. The molecular formula is C24H18N4O3. The molecule has 0 radical (unpaired) electrons. The number of hydrogen-bond donors (Lipinski definition) is 1. The number of likely N-dealkylation sites (tertiary alicyclic amines) is 1. The van der Waals surface area contributed by atoms with Crippen molar-refractivity contribution in [2.45, 2.75) is 6.54 Å². The second-order valence-electron chi connectivity index (χ2n) is 7.66. The standard InChI is InChI=1S/C24H18N4O3/c25-11-15-4-3-5-16(10-15)23-26-22(27-31-23)21-9-8-17(19-6-1-2-7-20(19)21)12-28-13-18(14-28)24(29)30/h1-10,18H,12-14H2,(H,29,30). The summed E-state index contributed by atoms with van der Waals surface area (Å²) in [6.07, 6.45) is 0. The van der Waals surface area contributed by atoms with E-state index < -0.39 is 5.97 Å². The largest absolute Gasteiger partial charge is 0.481 e. The molecule has 2 heterocycles. The molecule has 31 heavy (non-hydrogen) atoms. The molecular weight excluding hydrogens is 392 g/mol. The number of aromatic nitrogens is 2. The molecule has 1 aliphatic heterocycles. The van der Waals surface area contributed by atoms with Crippen molar-refractivity contribution < 1.29 is 14.4 Å². The maximum absolute atomic E-state index is 11.1. The van der Waals surface area contributed by atoms with Gasteiger partial charge in [0.25, 0.3) is 5.89 Å². The summed E-state index contributed by atoms with van der Waals surface area (Å²) in [4.78, 5) is 17.8. The van der Waals surface area contributed by atoms with E-state index >= 15 is 0 Å². The molecule has 0 spiro atoms. The van der Waals surface area contributed by atoms with Gasteiger partial charge in [0.05, 0.1) is 17.6 Å². The molecule has 0 aliphatic carbocycles. The summed E-state index contributed by atoms with van der Waals surface area (Å²) < 4.78 is 5.47. The Labute approximate surface area is 178 Å². The van der Waals surface area contributed by atoms with Crippen molar-refractivity contribution in [3.05, 3.63) is 71.8 Å². The van der Waals surface area contributed by atoms with Crippen molar-refractivity contribution in [2.75, 3.05) is 13.1 Å². The fourth-order valence-electron chi connectivity index (χ4n) is 3.96. The van der Waals surface area contributed by atoms with Gasteiger partial charge in [-0.3, -0.25) is 9.69 Å². The molecule has 7 heteroatoms. The van der Waals surface area contributed by atoms with Crippen molar-refractivity contribution in [1.82, 2.24) is 15.0 Å². The molecule has 1 saturated heterocycles. The lowest BCUT2D eigenvalue weighted by atomic mass is 9.95. The van der Waals surface area contributed by atoms with Gasteiger partial charge in [-0.05, 0) is 34.5 Å². The number of benzene rings is 3. The first-order valence-electron chi connectivity index (χ1n) is 9.93. The highest BCUT2D eigenvalue weighted by Crippen LogP contribution is 2.32. The Morgan fingerprint density at radius 2 is 1.94 bits per heavy atom. The number of nitrogens with zero attached hydrogens (tertiary/aromatic N) is 4. The molecule has 7 nitrogen and oxygen atoms in total. The van der Waals surface area contributed by atoms with Crippen LogP contribution in [-0.4, -0.2) is 39.2 Å². The number of rotatable bonds is 5. The van der Waals surface area contributed by atoms with E-state index in [2.05, 4.69) is 27.2 Å². The van der Waals surface area contributed by atoms with Gasteiger partial charge >= 0.3 is 5.97 Å². The van der Waals surface area contributed by atoms with Gasteiger partial charge in [-0.1, -0.05) is 47.6 Å². The van der Waals surface area contributed by atoms with Gasteiger partial charge in [-0.25, -0.2) is 0 Å². The number of nitriles is 1. The van der Waals surface area contributed by atoms with Crippen LogP contribution in [0.5, 0.6) is 0 Å².